The van der Waals surface area contributed by atoms with Gasteiger partial charge in [0.2, 0.25) is 0 Å². The maximum Gasteiger partial charge on any atom is 0.414 e. The van der Waals surface area contributed by atoms with E-state index < -0.39 is 30.7 Å². The number of ether oxygens (including phenoxy) is 1. The van der Waals surface area contributed by atoms with Crippen molar-refractivity contribution in [3.63, 3.8) is 0 Å². The first-order valence-corrected chi connectivity index (χ1v) is 4.92. The normalized spacial score (nSPS) is 13.4. The predicted molar refractivity (Wildman–Crippen MR) is 53.7 cm³/mol. The van der Waals surface area contributed by atoms with E-state index in [0.29, 0.717) is 0 Å². The summed E-state index contributed by atoms with van der Waals surface area (Å²) >= 11 is 0. The minimum absolute atomic E-state index is 0.140. The van der Waals surface area contributed by atoms with Crippen molar-refractivity contribution in [2.75, 3.05) is 0 Å². The molecule has 0 spiro atoms. The average Bonchev–Trinajstić information content (AvgIpc) is 2.24. The molecule has 1 N–H and O–H groups in total. The molecule has 3 nitrogen and oxygen atoms in total. The van der Waals surface area contributed by atoms with E-state index in [1.165, 1.54) is 0 Å². The molecule has 100 valence electrons. The number of hydrogen-bond donors (Lipinski definition) is 1. The van der Waals surface area contributed by atoms with Crippen molar-refractivity contribution in [2.45, 2.75) is 25.8 Å². The number of carboxylic acids is 1. The third-order valence-electron chi connectivity index (χ3n) is 2.25. The van der Waals surface area contributed by atoms with Crippen LogP contribution in [0, 0.1) is 5.82 Å². The van der Waals surface area contributed by atoms with Crippen molar-refractivity contribution in [2.24, 2.45) is 0 Å². The van der Waals surface area contributed by atoms with E-state index >= 15 is 0 Å². The molecule has 0 aromatic heterocycles. The molecule has 0 aliphatic carbocycles. The van der Waals surface area contributed by atoms with Crippen molar-refractivity contribution >= 4 is 5.97 Å². The number of benzene rings is 1. The van der Waals surface area contributed by atoms with E-state index in [0.717, 1.165) is 25.1 Å². The Hall–Kier alpha value is -1.63. The molecule has 1 rings (SSSR count). The third kappa shape index (κ3) is 3.69. The smallest absolute Gasteiger partial charge is 0.414 e. The van der Waals surface area contributed by atoms with Crippen molar-refractivity contribution in [3.05, 3.63) is 35.1 Å². The molecular weight excluding hydrogens is 256 g/mol. The zero-order valence-corrected chi connectivity index (χ0v) is 9.29. The number of rotatable bonds is 4. The fraction of sp³-hybridized carbons (Fsp3) is 0.364. The van der Waals surface area contributed by atoms with Crippen LogP contribution >= 0.6 is 0 Å². The van der Waals surface area contributed by atoms with Gasteiger partial charge in [-0.3, -0.25) is 0 Å². The van der Waals surface area contributed by atoms with Gasteiger partial charge in [-0.25, -0.2) is 9.18 Å². The van der Waals surface area contributed by atoms with Crippen molar-refractivity contribution in [1.29, 1.82) is 0 Å². The van der Waals surface area contributed by atoms with Gasteiger partial charge < -0.3 is 9.84 Å². The first kappa shape index (κ1) is 14.4. The Kier molecular flexibility index (Phi) is 4.28. The van der Waals surface area contributed by atoms with Crippen molar-refractivity contribution in [1.82, 2.24) is 0 Å². The lowest BCUT2D eigenvalue weighted by Crippen LogP contribution is -2.28. The lowest BCUT2D eigenvalue weighted by atomic mass is 10.1. The number of carbonyl (C=O) groups is 1. The third-order valence-corrected chi connectivity index (χ3v) is 2.25. The van der Waals surface area contributed by atoms with Crippen LogP contribution in [0.25, 0.3) is 0 Å². The Morgan fingerprint density at radius 3 is 2.56 bits per heavy atom. The molecule has 0 aliphatic rings. The number of carboxylic acid groups (broad SMARTS) is 1. The number of halogens is 4. The monoisotopic (exact) mass is 266 g/mol. The molecule has 7 heteroatoms. The van der Waals surface area contributed by atoms with Crippen LogP contribution in [0.1, 0.15) is 22.8 Å². The second kappa shape index (κ2) is 5.34. The largest absolute Gasteiger partial charge is 0.478 e. The molecule has 0 saturated carbocycles. The van der Waals surface area contributed by atoms with Crippen LogP contribution in [-0.2, 0) is 11.3 Å². The minimum atomic E-state index is -4.54. The molecule has 1 unspecified atom stereocenters. The highest BCUT2D eigenvalue weighted by molar-refractivity contribution is 5.89. The Bertz CT molecular complexity index is 442. The lowest BCUT2D eigenvalue weighted by molar-refractivity contribution is -0.217. The van der Waals surface area contributed by atoms with E-state index in [-0.39, 0.29) is 11.1 Å². The molecule has 0 saturated heterocycles. The summed E-state index contributed by atoms with van der Waals surface area (Å²) in [5.41, 5.74) is -0.427. The SMILES string of the molecule is CC(OCc1cc(F)ccc1C(=O)O)C(F)(F)F. The predicted octanol–water partition coefficient (Wildman–Crippen LogP) is 2.99. The Morgan fingerprint density at radius 1 is 1.44 bits per heavy atom. The molecule has 0 heterocycles. The molecule has 1 aromatic rings. The number of hydrogen-bond acceptors (Lipinski definition) is 2. The Balaban J connectivity index is 2.84. The van der Waals surface area contributed by atoms with Gasteiger partial charge in [0.1, 0.15) is 5.82 Å². The highest BCUT2D eigenvalue weighted by atomic mass is 19.4. The second-order valence-corrected chi connectivity index (χ2v) is 3.60. The lowest BCUT2D eigenvalue weighted by Gasteiger charge is -2.17. The standard InChI is InChI=1S/C11H10F4O3/c1-6(11(13,14)15)18-5-7-4-8(12)2-3-9(7)10(16)17/h2-4,6H,5H2,1H3,(H,16,17). The molecule has 1 aromatic carbocycles. The van der Waals surface area contributed by atoms with E-state index in [4.69, 9.17) is 5.11 Å². The van der Waals surface area contributed by atoms with Gasteiger partial charge in [0.15, 0.2) is 6.10 Å². The summed E-state index contributed by atoms with van der Waals surface area (Å²) in [6.45, 7) is 0.166. The first-order valence-electron chi connectivity index (χ1n) is 4.92. The summed E-state index contributed by atoms with van der Waals surface area (Å²) in [5, 5.41) is 8.78. The number of aromatic carboxylic acids is 1. The highest BCUT2D eigenvalue weighted by Gasteiger charge is 2.37. The van der Waals surface area contributed by atoms with Crippen molar-refractivity contribution < 1.29 is 32.2 Å². The van der Waals surface area contributed by atoms with E-state index in [1.54, 1.807) is 0 Å². The quantitative estimate of drug-likeness (QED) is 0.852. The minimum Gasteiger partial charge on any atom is -0.478 e. The maximum absolute atomic E-state index is 12.9. The zero-order chi connectivity index (χ0) is 13.9. The van der Waals surface area contributed by atoms with Gasteiger partial charge in [-0.2, -0.15) is 13.2 Å². The van der Waals surface area contributed by atoms with Gasteiger partial charge >= 0.3 is 12.1 Å². The summed E-state index contributed by atoms with van der Waals surface area (Å²) < 4.78 is 53.9. The zero-order valence-electron chi connectivity index (χ0n) is 9.29. The van der Waals surface area contributed by atoms with E-state index in [1.807, 2.05) is 0 Å². The van der Waals surface area contributed by atoms with Gasteiger partial charge in [-0.1, -0.05) is 0 Å². The average molecular weight is 266 g/mol. The fourth-order valence-electron chi connectivity index (χ4n) is 1.20. The summed E-state index contributed by atoms with van der Waals surface area (Å²) in [7, 11) is 0. The van der Waals surface area contributed by atoms with Crippen LogP contribution < -0.4 is 0 Å². The fourth-order valence-corrected chi connectivity index (χ4v) is 1.20. The highest BCUT2D eigenvalue weighted by Crippen LogP contribution is 2.24. The maximum atomic E-state index is 12.9. The molecule has 0 radical (unpaired) electrons. The van der Waals surface area contributed by atoms with Crippen LogP contribution in [0.4, 0.5) is 17.6 Å². The number of alkyl halides is 3. The van der Waals surface area contributed by atoms with Crippen LogP contribution in [0.2, 0.25) is 0 Å². The molecule has 1 atom stereocenters. The van der Waals surface area contributed by atoms with Crippen LogP contribution in [-0.4, -0.2) is 23.4 Å². The van der Waals surface area contributed by atoms with Gasteiger partial charge in [0, 0.05) is 0 Å². The molecular formula is C11H10F4O3. The molecule has 0 bridgehead atoms. The van der Waals surface area contributed by atoms with Gasteiger partial charge in [0.05, 0.1) is 12.2 Å². The first-order chi connectivity index (χ1) is 8.21. The molecule has 18 heavy (non-hydrogen) atoms. The second-order valence-electron chi connectivity index (χ2n) is 3.60. The van der Waals surface area contributed by atoms with Crippen LogP contribution in [0.15, 0.2) is 18.2 Å². The summed E-state index contributed by atoms with van der Waals surface area (Å²) in [4.78, 5) is 10.8. The summed E-state index contributed by atoms with van der Waals surface area (Å²) in [6, 6.07) is 2.74. The summed E-state index contributed by atoms with van der Waals surface area (Å²) in [5.74, 6) is -2.09. The Labute approximate surface area is 100.0 Å². The van der Waals surface area contributed by atoms with Crippen molar-refractivity contribution in [3.8, 4) is 0 Å². The Morgan fingerprint density at radius 2 is 2.06 bits per heavy atom. The molecule has 0 fully saturated rings. The van der Waals surface area contributed by atoms with Gasteiger partial charge in [0.25, 0.3) is 0 Å². The van der Waals surface area contributed by atoms with E-state index in [9.17, 15) is 22.4 Å². The molecule has 0 amide bonds. The van der Waals surface area contributed by atoms with Gasteiger partial charge in [-0.15, -0.1) is 0 Å². The van der Waals surface area contributed by atoms with E-state index in [2.05, 4.69) is 4.74 Å². The van der Waals surface area contributed by atoms with Gasteiger partial charge in [-0.05, 0) is 30.7 Å². The van der Waals surface area contributed by atoms with Crippen LogP contribution in [0.3, 0.4) is 0 Å². The topological polar surface area (TPSA) is 46.5 Å². The summed E-state index contributed by atoms with van der Waals surface area (Å²) in [6.07, 6.45) is -6.60. The molecule has 0 aliphatic heterocycles. The van der Waals surface area contributed by atoms with Crippen LogP contribution in [0.5, 0.6) is 0 Å².